The minimum absolute atomic E-state index is 0. The molecule has 5 atom stereocenters. The van der Waals surface area contributed by atoms with E-state index < -0.39 is 5.60 Å². The number of nitrogens with zero attached hydrogens (tertiary/aromatic N) is 3. The van der Waals surface area contributed by atoms with Gasteiger partial charge in [0.1, 0.15) is 17.2 Å². The second-order valence-electron chi connectivity index (χ2n) is 13.4. The van der Waals surface area contributed by atoms with Gasteiger partial charge in [-0.3, -0.25) is 4.90 Å². The molecule has 224 valence electrons. The number of amides is 1. The summed E-state index contributed by atoms with van der Waals surface area (Å²) in [6, 6.07) is 17.9. The Kier molecular flexibility index (Phi) is 6.50. The van der Waals surface area contributed by atoms with Crippen molar-refractivity contribution in [3.05, 3.63) is 72.6 Å². The van der Waals surface area contributed by atoms with Gasteiger partial charge >= 0.3 is 6.09 Å². The van der Waals surface area contributed by atoms with Gasteiger partial charge in [-0.2, -0.15) is 0 Å². The summed E-state index contributed by atoms with van der Waals surface area (Å²) in [6.07, 6.45) is 5.54. The maximum absolute atomic E-state index is 13.0. The summed E-state index contributed by atoms with van der Waals surface area (Å²) in [5.41, 5.74) is 5.97. The summed E-state index contributed by atoms with van der Waals surface area (Å²) in [7, 11) is 0. The number of ether oxygens (including phenoxy) is 1. The maximum Gasteiger partial charge on any atom is 0.411 e. The molecule has 3 heterocycles. The molecule has 3 aliphatic rings. The largest absolute Gasteiger partial charge is 0.444 e. The summed E-state index contributed by atoms with van der Waals surface area (Å²) in [4.78, 5) is 31.1. The number of rotatable bonds is 7. The second-order valence-corrected chi connectivity index (χ2v) is 13.4. The summed E-state index contributed by atoms with van der Waals surface area (Å²) in [5.74, 6) is 3.85. The molecule has 3 fully saturated rings. The lowest BCUT2D eigenvalue weighted by atomic mass is 10.0. The third kappa shape index (κ3) is 5.24. The molecule has 2 aliphatic carbocycles. The van der Waals surface area contributed by atoms with E-state index in [4.69, 9.17) is 9.72 Å². The zero-order valence-electron chi connectivity index (χ0n) is 25.0. The number of benzene rings is 2. The van der Waals surface area contributed by atoms with E-state index in [1.165, 1.54) is 0 Å². The van der Waals surface area contributed by atoms with Gasteiger partial charge in [-0.05, 0) is 73.6 Å². The number of aromatic nitrogens is 4. The quantitative estimate of drug-likeness (QED) is 0.212. The normalized spacial score (nSPS) is 26.3. The van der Waals surface area contributed by atoms with Crippen LogP contribution in [0.5, 0.6) is 0 Å². The molecular weight excluding hydrogens is 524 g/mol. The Morgan fingerprint density at radius 2 is 1.48 bits per heavy atom. The molecule has 42 heavy (non-hydrogen) atoms. The van der Waals surface area contributed by atoms with Gasteiger partial charge in [-0.25, -0.2) is 14.8 Å². The molecule has 1 aliphatic heterocycles. The molecule has 0 spiro atoms. The first-order chi connectivity index (χ1) is 20.1. The summed E-state index contributed by atoms with van der Waals surface area (Å²) in [5, 5.41) is 3.60. The summed E-state index contributed by atoms with van der Waals surface area (Å²) >= 11 is 0. The number of likely N-dealkylation sites (tertiary alicyclic amines) is 1. The van der Waals surface area contributed by atoms with Crippen LogP contribution in [0.1, 0.15) is 69.4 Å². The van der Waals surface area contributed by atoms with E-state index in [0.29, 0.717) is 12.0 Å². The van der Waals surface area contributed by atoms with E-state index in [2.05, 4.69) is 82.6 Å². The van der Waals surface area contributed by atoms with Crippen molar-refractivity contribution in [2.45, 2.75) is 77.7 Å². The number of piperidine rings is 1. The van der Waals surface area contributed by atoms with Crippen LogP contribution in [-0.4, -0.2) is 48.6 Å². The highest BCUT2D eigenvalue weighted by atomic mass is 16.6. The van der Waals surface area contributed by atoms with Crippen molar-refractivity contribution in [1.29, 1.82) is 0 Å². The van der Waals surface area contributed by atoms with Crippen LogP contribution >= 0.6 is 0 Å². The van der Waals surface area contributed by atoms with Crippen molar-refractivity contribution in [1.82, 2.24) is 30.2 Å². The number of H-pyrrole nitrogens is 2. The summed E-state index contributed by atoms with van der Waals surface area (Å²) < 4.78 is 5.71. The van der Waals surface area contributed by atoms with E-state index in [-0.39, 0.29) is 22.5 Å². The van der Waals surface area contributed by atoms with E-state index in [1.54, 1.807) is 0 Å². The highest BCUT2D eigenvalue weighted by Crippen LogP contribution is 2.53. The minimum atomic E-state index is -0.515. The molecule has 2 aromatic carbocycles. The number of imidazole rings is 2. The predicted octanol–water partition coefficient (Wildman–Crippen LogP) is 7.69. The Balaban J connectivity index is 0.00000154. The molecule has 0 bridgehead atoms. The molecule has 2 saturated carbocycles. The Bertz CT molecular complexity index is 1590. The minimum Gasteiger partial charge on any atom is -0.444 e. The van der Waals surface area contributed by atoms with Gasteiger partial charge in [0.25, 0.3) is 0 Å². The third-order valence-corrected chi connectivity index (χ3v) is 9.30. The fourth-order valence-corrected chi connectivity index (χ4v) is 6.46. The highest BCUT2D eigenvalue weighted by Gasteiger charge is 2.56. The zero-order chi connectivity index (χ0) is 29.2. The third-order valence-electron chi connectivity index (χ3n) is 9.30. The van der Waals surface area contributed by atoms with Crippen LogP contribution in [0.4, 0.5) is 4.79 Å². The van der Waals surface area contributed by atoms with E-state index >= 15 is 0 Å². The standard InChI is InChI=1S/C34H40N6O2.3H2/c1-19-20(2)31(19)36-18-30-35-16-26(38-30)23-10-6-21(7-11-23)22-8-12-24(13-9-22)27-17-37-32(39-27)29-15-25-14-28(25)40(29)33(41)42-34(3,4)5;;;/h6-13,16-17,19-20,25,28-29,31,36H,14-15,18H2,1-5H3,(H,35,38)(H,37,39);3*1H/t19?,20?,25?,28?,29-,31?;;;/m0.../s1. The van der Waals surface area contributed by atoms with E-state index in [9.17, 15) is 4.79 Å². The first-order valence-corrected chi connectivity index (χ1v) is 15.2. The van der Waals surface area contributed by atoms with Crippen LogP contribution in [0.15, 0.2) is 60.9 Å². The van der Waals surface area contributed by atoms with Gasteiger partial charge < -0.3 is 20.0 Å². The number of aromatic amines is 2. The number of carbonyl (C=O) groups excluding carboxylic acids is 1. The molecule has 0 radical (unpaired) electrons. The average molecular weight is 571 g/mol. The average Bonchev–Trinajstić information content (AvgIpc) is 3.53. The zero-order valence-corrected chi connectivity index (χ0v) is 25.0. The van der Waals surface area contributed by atoms with Gasteiger partial charge in [-0.15, -0.1) is 0 Å². The number of hydrogen-bond donors (Lipinski definition) is 3. The van der Waals surface area contributed by atoms with Crippen LogP contribution in [0, 0.1) is 17.8 Å². The van der Waals surface area contributed by atoms with Crippen molar-refractivity contribution in [3.8, 4) is 33.6 Å². The Labute approximate surface area is 251 Å². The van der Waals surface area contributed by atoms with Crippen LogP contribution in [0.25, 0.3) is 33.6 Å². The Hall–Kier alpha value is -3.91. The number of hydrogen-bond acceptors (Lipinski definition) is 5. The fraction of sp³-hybridized carbons (Fsp3) is 0.441. The molecule has 2 aromatic heterocycles. The predicted molar refractivity (Wildman–Crippen MR) is 170 cm³/mol. The van der Waals surface area contributed by atoms with Crippen molar-refractivity contribution >= 4 is 6.09 Å². The molecule has 4 aromatic rings. The lowest BCUT2D eigenvalue weighted by Gasteiger charge is -2.29. The van der Waals surface area contributed by atoms with Gasteiger partial charge in [0, 0.05) is 16.4 Å². The smallest absolute Gasteiger partial charge is 0.411 e. The number of carbonyl (C=O) groups is 1. The first kappa shape index (κ1) is 27.0. The van der Waals surface area contributed by atoms with Crippen LogP contribution < -0.4 is 5.32 Å². The van der Waals surface area contributed by atoms with Gasteiger partial charge in [-0.1, -0.05) is 62.4 Å². The van der Waals surface area contributed by atoms with Crippen LogP contribution in [0.2, 0.25) is 0 Å². The van der Waals surface area contributed by atoms with E-state index in [0.717, 1.165) is 76.5 Å². The molecule has 1 saturated heterocycles. The fourth-order valence-electron chi connectivity index (χ4n) is 6.46. The molecule has 4 unspecified atom stereocenters. The Morgan fingerprint density at radius 1 is 0.905 bits per heavy atom. The second kappa shape index (κ2) is 10.1. The van der Waals surface area contributed by atoms with E-state index in [1.807, 2.05) is 38.1 Å². The first-order valence-electron chi connectivity index (χ1n) is 15.2. The molecule has 8 heteroatoms. The molecular formula is C34H46N6O2. The summed E-state index contributed by atoms with van der Waals surface area (Å²) in [6.45, 7) is 11.1. The van der Waals surface area contributed by atoms with Crippen molar-refractivity contribution in [2.24, 2.45) is 17.8 Å². The lowest BCUT2D eigenvalue weighted by molar-refractivity contribution is 0.0175. The van der Waals surface area contributed by atoms with Crippen molar-refractivity contribution in [2.75, 3.05) is 0 Å². The van der Waals surface area contributed by atoms with Gasteiger partial charge in [0.15, 0.2) is 0 Å². The molecule has 3 N–H and O–H groups in total. The van der Waals surface area contributed by atoms with Gasteiger partial charge in [0.2, 0.25) is 0 Å². The van der Waals surface area contributed by atoms with Crippen molar-refractivity contribution in [3.63, 3.8) is 0 Å². The van der Waals surface area contributed by atoms with Crippen molar-refractivity contribution < 1.29 is 13.8 Å². The lowest BCUT2D eigenvalue weighted by Crippen LogP contribution is -2.38. The molecule has 7 rings (SSSR count). The SMILES string of the molecule is CC1C(C)C1NCc1ncc(-c2ccc(-c3ccc(-c4cnc([C@@H]5CC6CC6N5C(=O)OC(C)(C)C)[nH]4)cc3)cc2)[nH]1.[HH].[HH].[HH]. The van der Waals surface area contributed by atoms with Crippen LogP contribution in [0.3, 0.4) is 0 Å². The topological polar surface area (TPSA) is 98.9 Å². The monoisotopic (exact) mass is 570 g/mol. The van der Waals surface area contributed by atoms with Crippen LogP contribution in [-0.2, 0) is 11.3 Å². The number of nitrogens with one attached hydrogen (secondary N) is 3. The molecule has 8 nitrogen and oxygen atoms in total. The molecule has 1 amide bonds. The maximum atomic E-state index is 13.0. The highest BCUT2D eigenvalue weighted by molar-refractivity contribution is 5.72. The number of fused-ring (bicyclic) bond motifs is 1. The van der Waals surface area contributed by atoms with Gasteiger partial charge in [0.05, 0.1) is 36.4 Å². The Morgan fingerprint density at radius 3 is 2.07 bits per heavy atom.